The summed E-state index contributed by atoms with van der Waals surface area (Å²) in [5, 5.41) is 8.19. The van der Waals surface area contributed by atoms with E-state index in [2.05, 4.69) is 15.4 Å². The molecule has 2 aromatic heterocycles. The highest BCUT2D eigenvalue weighted by Crippen LogP contribution is 2.27. The molecule has 0 spiro atoms. The molecule has 0 fully saturated rings. The van der Waals surface area contributed by atoms with Gasteiger partial charge in [0.1, 0.15) is 10.8 Å². The number of rotatable bonds is 8. The third-order valence-corrected chi connectivity index (χ3v) is 5.73. The van der Waals surface area contributed by atoms with Gasteiger partial charge >= 0.3 is 0 Å². The Labute approximate surface area is 189 Å². The van der Waals surface area contributed by atoms with E-state index in [1.165, 1.54) is 18.7 Å². The maximum Gasteiger partial charge on any atom is 0.234 e. The largest absolute Gasteiger partial charge is 0.494 e. The Hall–Kier alpha value is -3.65. The Balaban J connectivity index is 1.45. The Bertz CT molecular complexity index is 1250. The predicted octanol–water partition coefficient (Wildman–Crippen LogP) is 4.73. The van der Waals surface area contributed by atoms with E-state index >= 15 is 0 Å². The lowest BCUT2D eigenvalue weighted by Gasteiger charge is -2.06. The number of thioether (sulfide) groups is 1. The van der Waals surface area contributed by atoms with Gasteiger partial charge in [0, 0.05) is 29.2 Å². The molecule has 0 saturated heterocycles. The lowest BCUT2D eigenvalue weighted by molar-refractivity contribution is -0.113. The van der Waals surface area contributed by atoms with Gasteiger partial charge in [-0.3, -0.25) is 9.59 Å². The fourth-order valence-electron chi connectivity index (χ4n) is 3.16. The van der Waals surface area contributed by atoms with E-state index in [0.29, 0.717) is 17.9 Å². The van der Waals surface area contributed by atoms with Gasteiger partial charge in [0.05, 0.1) is 23.6 Å². The number of Topliss-reactive ketones (excluding diaryl/α,β-unsaturated/α-hetero) is 1. The van der Waals surface area contributed by atoms with Crippen LogP contribution in [-0.4, -0.2) is 38.6 Å². The number of hydrogen-bond acceptors (Lipinski definition) is 6. The monoisotopic (exact) mass is 446 g/mol. The number of nitrogens with one attached hydrogen (secondary N) is 1. The SMILES string of the molecule is CCOc1ccc(-c2cc3c(SCC(=O)Nc4ccc(C(C)=O)cc4)nccn3n2)cc1. The molecule has 0 aliphatic carbocycles. The first-order chi connectivity index (χ1) is 15.5. The van der Waals surface area contributed by atoms with Crippen molar-refractivity contribution in [2.75, 3.05) is 17.7 Å². The van der Waals surface area contributed by atoms with Crippen molar-refractivity contribution >= 4 is 34.7 Å². The minimum absolute atomic E-state index is 0.0111. The second-order valence-electron chi connectivity index (χ2n) is 7.02. The summed E-state index contributed by atoms with van der Waals surface area (Å²) in [6.45, 7) is 4.08. The van der Waals surface area contributed by atoms with Gasteiger partial charge in [0.25, 0.3) is 0 Å². The van der Waals surface area contributed by atoms with Crippen LogP contribution in [0, 0.1) is 0 Å². The molecule has 1 N–H and O–H groups in total. The van der Waals surface area contributed by atoms with Crippen LogP contribution in [0.2, 0.25) is 0 Å². The number of ketones is 1. The molecule has 0 bridgehead atoms. The number of nitrogens with zero attached hydrogens (tertiary/aromatic N) is 3. The molecule has 0 atom stereocenters. The lowest BCUT2D eigenvalue weighted by Crippen LogP contribution is -2.14. The Morgan fingerprint density at radius 2 is 1.84 bits per heavy atom. The van der Waals surface area contributed by atoms with E-state index in [9.17, 15) is 9.59 Å². The topological polar surface area (TPSA) is 85.6 Å². The highest BCUT2D eigenvalue weighted by molar-refractivity contribution is 8.00. The molecule has 4 aromatic rings. The number of carbonyl (C=O) groups excluding carboxylic acids is 2. The van der Waals surface area contributed by atoms with Crippen LogP contribution in [0.15, 0.2) is 72.0 Å². The Morgan fingerprint density at radius 1 is 1.09 bits per heavy atom. The van der Waals surface area contributed by atoms with Crippen LogP contribution in [0.5, 0.6) is 5.75 Å². The molecule has 1 amide bonds. The fraction of sp³-hybridized carbons (Fsp3) is 0.167. The van der Waals surface area contributed by atoms with Gasteiger partial charge in [-0.15, -0.1) is 0 Å². The smallest absolute Gasteiger partial charge is 0.234 e. The number of carbonyl (C=O) groups is 2. The van der Waals surface area contributed by atoms with Crippen molar-refractivity contribution < 1.29 is 14.3 Å². The maximum atomic E-state index is 12.4. The second kappa shape index (κ2) is 9.65. The van der Waals surface area contributed by atoms with Crippen LogP contribution < -0.4 is 10.1 Å². The van der Waals surface area contributed by atoms with Gasteiger partial charge in [0.15, 0.2) is 5.78 Å². The first kappa shape index (κ1) is 21.6. The number of aromatic nitrogens is 3. The number of fused-ring (bicyclic) bond motifs is 1. The summed E-state index contributed by atoms with van der Waals surface area (Å²) in [6, 6.07) is 16.6. The zero-order chi connectivity index (χ0) is 22.5. The Kier molecular flexibility index (Phi) is 6.51. The molecule has 0 aliphatic rings. The van der Waals surface area contributed by atoms with E-state index in [1.54, 1.807) is 41.2 Å². The van der Waals surface area contributed by atoms with Crippen LogP contribution >= 0.6 is 11.8 Å². The van der Waals surface area contributed by atoms with Crippen molar-refractivity contribution in [1.82, 2.24) is 14.6 Å². The summed E-state index contributed by atoms with van der Waals surface area (Å²) in [5.74, 6) is 0.855. The van der Waals surface area contributed by atoms with Crippen molar-refractivity contribution in [2.24, 2.45) is 0 Å². The molecule has 2 aromatic carbocycles. The summed E-state index contributed by atoms with van der Waals surface area (Å²) in [7, 11) is 0. The third kappa shape index (κ3) is 4.97. The summed E-state index contributed by atoms with van der Waals surface area (Å²) in [5.41, 5.74) is 3.88. The van der Waals surface area contributed by atoms with Crippen molar-refractivity contribution in [2.45, 2.75) is 18.9 Å². The predicted molar refractivity (Wildman–Crippen MR) is 125 cm³/mol. The quantitative estimate of drug-likeness (QED) is 0.311. The molecule has 0 aliphatic heterocycles. The van der Waals surface area contributed by atoms with Crippen molar-refractivity contribution in [3.63, 3.8) is 0 Å². The zero-order valence-corrected chi connectivity index (χ0v) is 18.6. The molecule has 8 heteroatoms. The van der Waals surface area contributed by atoms with E-state index in [-0.39, 0.29) is 17.4 Å². The standard InChI is InChI=1S/C24H22N4O3S/c1-3-31-20-10-6-18(7-11-20)21-14-22-24(25-12-13-28(22)27-21)32-15-23(30)26-19-8-4-17(5-9-19)16(2)29/h4-14H,3,15H2,1-2H3,(H,26,30). The number of amides is 1. The fourth-order valence-corrected chi connectivity index (χ4v) is 3.93. The summed E-state index contributed by atoms with van der Waals surface area (Å²) in [4.78, 5) is 28.2. The number of ether oxygens (including phenoxy) is 1. The second-order valence-corrected chi connectivity index (χ2v) is 7.98. The highest BCUT2D eigenvalue weighted by atomic mass is 32.2. The minimum atomic E-state index is -0.152. The highest BCUT2D eigenvalue weighted by Gasteiger charge is 2.12. The molecule has 0 saturated carbocycles. The van der Waals surface area contributed by atoms with Crippen molar-refractivity contribution in [3.8, 4) is 17.0 Å². The van der Waals surface area contributed by atoms with E-state index in [4.69, 9.17) is 4.74 Å². The normalized spacial score (nSPS) is 10.8. The van der Waals surface area contributed by atoms with Crippen molar-refractivity contribution in [1.29, 1.82) is 0 Å². The number of anilines is 1. The first-order valence-electron chi connectivity index (χ1n) is 10.1. The van der Waals surface area contributed by atoms with Gasteiger partial charge in [-0.2, -0.15) is 5.10 Å². The Morgan fingerprint density at radius 3 is 2.53 bits per heavy atom. The van der Waals surface area contributed by atoms with Crippen molar-refractivity contribution in [3.05, 3.63) is 72.6 Å². The van der Waals surface area contributed by atoms with Gasteiger partial charge < -0.3 is 10.1 Å². The molecule has 4 rings (SSSR count). The van der Waals surface area contributed by atoms with E-state index in [0.717, 1.165) is 27.5 Å². The van der Waals surface area contributed by atoms with Crippen LogP contribution in [0.25, 0.3) is 16.8 Å². The molecule has 7 nitrogen and oxygen atoms in total. The molecule has 0 unspecified atom stereocenters. The van der Waals surface area contributed by atoms with Gasteiger partial charge in [0.2, 0.25) is 5.91 Å². The van der Waals surface area contributed by atoms with Gasteiger partial charge in [-0.1, -0.05) is 11.8 Å². The maximum absolute atomic E-state index is 12.4. The minimum Gasteiger partial charge on any atom is -0.494 e. The molecule has 162 valence electrons. The lowest BCUT2D eigenvalue weighted by atomic mass is 10.1. The molecule has 0 radical (unpaired) electrons. The van der Waals surface area contributed by atoms with Crippen LogP contribution in [-0.2, 0) is 4.79 Å². The van der Waals surface area contributed by atoms with Crippen LogP contribution in [0.3, 0.4) is 0 Å². The first-order valence-corrected chi connectivity index (χ1v) is 11.1. The van der Waals surface area contributed by atoms with E-state index in [1.807, 2.05) is 37.3 Å². The average Bonchev–Trinajstić information content (AvgIpc) is 3.24. The van der Waals surface area contributed by atoms with Crippen LogP contribution in [0.1, 0.15) is 24.2 Å². The van der Waals surface area contributed by atoms with Gasteiger partial charge in [-0.05, 0) is 68.4 Å². The summed E-state index contributed by atoms with van der Waals surface area (Å²) >= 11 is 1.34. The third-order valence-electron chi connectivity index (χ3n) is 4.73. The number of benzene rings is 2. The summed E-state index contributed by atoms with van der Waals surface area (Å²) < 4.78 is 7.26. The average molecular weight is 447 g/mol. The van der Waals surface area contributed by atoms with E-state index < -0.39 is 0 Å². The molecular formula is C24H22N4O3S. The number of hydrogen-bond donors (Lipinski definition) is 1. The van der Waals surface area contributed by atoms with Crippen LogP contribution in [0.4, 0.5) is 5.69 Å². The summed E-state index contributed by atoms with van der Waals surface area (Å²) in [6.07, 6.45) is 3.46. The molecular weight excluding hydrogens is 424 g/mol. The molecule has 32 heavy (non-hydrogen) atoms. The zero-order valence-electron chi connectivity index (χ0n) is 17.7. The molecule has 2 heterocycles. The van der Waals surface area contributed by atoms with Gasteiger partial charge in [-0.25, -0.2) is 9.50 Å².